The second-order valence-electron chi connectivity index (χ2n) is 4.10. The standard InChI is InChI=1S/C12H10Br2N2O/c13-8-3-1-4-9(14)10(8)16-11(17)12(7-15)5-2-6-12/h1,3-4H,2,5-6H2,(H,16,17). The summed E-state index contributed by atoms with van der Waals surface area (Å²) in [6.45, 7) is 0. The topological polar surface area (TPSA) is 52.9 Å². The average molecular weight is 358 g/mol. The van der Waals surface area contributed by atoms with Crippen LogP contribution >= 0.6 is 31.9 Å². The molecule has 0 radical (unpaired) electrons. The highest BCUT2D eigenvalue weighted by Crippen LogP contribution is 2.42. The largest absolute Gasteiger partial charge is 0.323 e. The molecule has 0 unspecified atom stereocenters. The zero-order valence-electron chi connectivity index (χ0n) is 8.96. The summed E-state index contributed by atoms with van der Waals surface area (Å²) in [6, 6.07) is 7.69. The lowest BCUT2D eigenvalue weighted by molar-refractivity contribution is -0.126. The minimum Gasteiger partial charge on any atom is -0.323 e. The first-order valence-corrected chi connectivity index (χ1v) is 6.84. The number of carbonyl (C=O) groups excluding carboxylic acids is 1. The van der Waals surface area contributed by atoms with Crippen LogP contribution in [0.15, 0.2) is 27.1 Å². The molecule has 1 N–H and O–H groups in total. The van der Waals surface area contributed by atoms with Gasteiger partial charge in [-0.15, -0.1) is 0 Å². The summed E-state index contributed by atoms with van der Waals surface area (Å²) in [6.07, 6.45) is 2.24. The lowest BCUT2D eigenvalue weighted by Gasteiger charge is -2.33. The second kappa shape index (κ2) is 4.79. The van der Waals surface area contributed by atoms with Gasteiger partial charge in [0.2, 0.25) is 5.91 Å². The molecular weight excluding hydrogens is 348 g/mol. The van der Waals surface area contributed by atoms with Gasteiger partial charge in [0, 0.05) is 8.95 Å². The van der Waals surface area contributed by atoms with Gasteiger partial charge in [-0.2, -0.15) is 5.26 Å². The Balaban J connectivity index is 2.22. The van der Waals surface area contributed by atoms with Gasteiger partial charge in [-0.05, 0) is 63.3 Å². The number of hydrogen-bond acceptors (Lipinski definition) is 2. The van der Waals surface area contributed by atoms with Crippen LogP contribution in [0.3, 0.4) is 0 Å². The molecule has 0 saturated heterocycles. The van der Waals surface area contributed by atoms with Gasteiger partial charge in [0.1, 0.15) is 5.41 Å². The van der Waals surface area contributed by atoms with Gasteiger partial charge in [-0.1, -0.05) is 6.07 Å². The zero-order valence-corrected chi connectivity index (χ0v) is 12.1. The molecule has 1 saturated carbocycles. The molecule has 1 aromatic rings. The SMILES string of the molecule is N#CC1(C(=O)Nc2c(Br)cccc2Br)CCC1. The molecule has 1 aromatic carbocycles. The fraction of sp³-hybridized carbons (Fsp3) is 0.333. The molecule has 5 heteroatoms. The molecule has 2 rings (SSSR count). The van der Waals surface area contributed by atoms with Gasteiger partial charge >= 0.3 is 0 Å². The van der Waals surface area contributed by atoms with E-state index in [1.807, 2.05) is 18.2 Å². The maximum Gasteiger partial charge on any atom is 0.244 e. The minimum absolute atomic E-state index is 0.209. The van der Waals surface area contributed by atoms with E-state index in [9.17, 15) is 4.79 Å². The maximum atomic E-state index is 12.1. The summed E-state index contributed by atoms with van der Waals surface area (Å²) >= 11 is 6.75. The van der Waals surface area contributed by atoms with E-state index in [0.717, 1.165) is 15.4 Å². The molecule has 88 valence electrons. The summed E-state index contributed by atoms with van der Waals surface area (Å²) in [4.78, 5) is 12.1. The molecule has 17 heavy (non-hydrogen) atoms. The van der Waals surface area contributed by atoms with E-state index in [0.29, 0.717) is 18.5 Å². The highest BCUT2D eigenvalue weighted by atomic mass is 79.9. The van der Waals surface area contributed by atoms with Gasteiger partial charge in [-0.25, -0.2) is 0 Å². The predicted molar refractivity (Wildman–Crippen MR) is 72.4 cm³/mol. The third kappa shape index (κ3) is 2.24. The molecule has 1 amide bonds. The van der Waals surface area contributed by atoms with Crippen molar-refractivity contribution in [1.82, 2.24) is 0 Å². The van der Waals surface area contributed by atoms with Crippen molar-refractivity contribution < 1.29 is 4.79 Å². The molecule has 0 atom stereocenters. The lowest BCUT2D eigenvalue weighted by atomic mass is 9.69. The Morgan fingerprint density at radius 2 is 1.94 bits per heavy atom. The number of benzene rings is 1. The van der Waals surface area contributed by atoms with Crippen molar-refractivity contribution in [3.8, 4) is 6.07 Å². The lowest BCUT2D eigenvalue weighted by Crippen LogP contribution is -2.40. The van der Waals surface area contributed by atoms with E-state index in [1.165, 1.54) is 0 Å². The van der Waals surface area contributed by atoms with E-state index >= 15 is 0 Å². The van der Waals surface area contributed by atoms with Crippen molar-refractivity contribution in [3.05, 3.63) is 27.1 Å². The quantitative estimate of drug-likeness (QED) is 0.874. The van der Waals surface area contributed by atoms with Crippen molar-refractivity contribution in [3.63, 3.8) is 0 Å². The molecule has 0 spiro atoms. The first-order valence-electron chi connectivity index (χ1n) is 5.26. The number of hydrogen-bond donors (Lipinski definition) is 1. The minimum atomic E-state index is -0.825. The molecule has 0 bridgehead atoms. The van der Waals surface area contributed by atoms with Crippen LogP contribution in [0.4, 0.5) is 5.69 Å². The van der Waals surface area contributed by atoms with E-state index in [-0.39, 0.29) is 5.91 Å². The van der Waals surface area contributed by atoms with E-state index in [1.54, 1.807) is 0 Å². The van der Waals surface area contributed by atoms with Crippen LogP contribution in [0.2, 0.25) is 0 Å². The molecular formula is C12H10Br2N2O. The third-order valence-corrected chi connectivity index (χ3v) is 4.38. The van der Waals surface area contributed by atoms with Gasteiger partial charge in [0.25, 0.3) is 0 Å². The Morgan fingerprint density at radius 3 is 2.35 bits per heavy atom. The highest BCUT2D eigenvalue weighted by molar-refractivity contribution is 9.11. The zero-order chi connectivity index (χ0) is 12.5. The summed E-state index contributed by atoms with van der Waals surface area (Å²) in [5, 5.41) is 11.9. The summed E-state index contributed by atoms with van der Waals surface area (Å²) < 4.78 is 1.60. The van der Waals surface area contributed by atoms with Crippen LogP contribution in [0.25, 0.3) is 0 Å². The summed E-state index contributed by atoms with van der Waals surface area (Å²) in [7, 11) is 0. The third-order valence-electron chi connectivity index (χ3n) is 3.06. The molecule has 0 aliphatic heterocycles. The van der Waals surface area contributed by atoms with Crippen LogP contribution in [0.5, 0.6) is 0 Å². The fourth-order valence-corrected chi connectivity index (χ4v) is 2.97. The van der Waals surface area contributed by atoms with E-state index in [2.05, 4.69) is 43.2 Å². The summed E-state index contributed by atoms with van der Waals surface area (Å²) in [5.74, 6) is -0.209. The molecule has 3 nitrogen and oxygen atoms in total. The van der Waals surface area contributed by atoms with Crippen LogP contribution < -0.4 is 5.32 Å². The number of nitriles is 1. The van der Waals surface area contributed by atoms with Crippen molar-refractivity contribution >= 4 is 43.5 Å². The van der Waals surface area contributed by atoms with E-state index < -0.39 is 5.41 Å². The van der Waals surface area contributed by atoms with Gasteiger partial charge in [0.05, 0.1) is 11.8 Å². The molecule has 1 aliphatic carbocycles. The predicted octanol–water partition coefficient (Wildman–Crippen LogP) is 3.84. The Bertz CT molecular complexity index is 483. The molecule has 1 fully saturated rings. The van der Waals surface area contributed by atoms with Crippen LogP contribution in [-0.4, -0.2) is 5.91 Å². The number of carbonyl (C=O) groups is 1. The smallest absolute Gasteiger partial charge is 0.244 e. The molecule has 0 heterocycles. The number of halogens is 2. The monoisotopic (exact) mass is 356 g/mol. The number of rotatable bonds is 2. The molecule has 0 aromatic heterocycles. The fourth-order valence-electron chi connectivity index (χ4n) is 1.77. The van der Waals surface area contributed by atoms with Crippen molar-refractivity contribution in [1.29, 1.82) is 5.26 Å². The number of anilines is 1. The second-order valence-corrected chi connectivity index (χ2v) is 5.81. The highest BCUT2D eigenvalue weighted by Gasteiger charge is 2.44. The Labute approximate surface area is 116 Å². The summed E-state index contributed by atoms with van der Waals surface area (Å²) in [5.41, 5.74) is -0.145. The van der Waals surface area contributed by atoms with Gasteiger partial charge < -0.3 is 5.32 Å². The first kappa shape index (κ1) is 12.6. The van der Waals surface area contributed by atoms with Crippen molar-refractivity contribution in [2.75, 3.05) is 5.32 Å². The number of para-hydroxylation sites is 1. The van der Waals surface area contributed by atoms with Crippen molar-refractivity contribution in [2.45, 2.75) is 19.3 Å². The van der Waals surface area contributed by atoms with Gasteiger partial charge in [-0.3, -0.25) is 4.79 Å². The Morgan fingerprint density at radius 1 is 1.35 bits per heavy atom. The Hall–Kier alpha value is -0.860. The number of nitrogens with zero attached hydrogens (tertiary/aromatic N) is 1. The number of nitrogens with one attached hydrogen (secondary N) is 1. The van der Waals surface area contributed by atoms with Crippen LogP contribution in [-0.2, 0) is 4.79 Å². The maximum absolute atomic E-state index is 12.1. The van der Waals surface area contributed by atoms with Crippen molar-refractivity contribution in [2.24, 2.45) is 5.41 Å². The average Bonchev–Trinajstić information content (AvgIpc) is 2.23. The number of amides is 1. The molecule has 1 aliphatic rings. The van der Waals surface area contributed by atoms with Gasteiger partial charge in [0.15, 0.2) is 0 Å². The first-order chi connectivity index (χ1) is 8.09. The Kier molecular flexibility index (Phi) is 3.55. The van der Waals surface area contributed by atoms with Crippen LogP contribution in [0.1, 0.15) is 19.3 Å². The van der Waals surface area contributed by atoms with Crippen LogP contribution in [0, 0.1) is 16.7 Å². The normalized spacial score (nSPS) is 16.8. The van der Waals surface area contributed by atoms with E-state index in [4.69, 9.17) is 5.26 Å².